The third-order valence-corrected chi connectivity index (χ3v) is 10.1. The molecular weight excluding hydrogens is 548 g/mol. The van der Waals surface area contributed by atoms with E-state index >= 15 is 0 Å². The van der Waals surface area contributed by atoms with Crippen molar-refractivity contribution in [2.75, 3.05) is 13.2 Å². The molecule has 1 spiro atoms. The fourth-order valence-corrected chi connectivity index (χ4v) is 8.02. The lowest BCUT2D eigenvalue weighted by Gasteiger charge is -2.62. The predicted molar refractivity (Wildman–Crippen MR) is 149 cm³/mol. The Kier molecular flexibility index (Phi) is 8.73. The van der Waals surface area contributed by atoms with Crippen molar-refractivity contribution < 1.29 is 54.4 Å². The van der Waals surface area contributed by atoms with Crippen molar-refractivity contribution in [1.82, 2.24) is 0 Å². The minimum absolute atomic E-state index is 0.0144. The van der Waals surface area contributed by atoms with Gasteiger partial charge in [0.25, 0.3) is 0 Å². The van der Waals surface area contributed by atoms with Crippen LogP contribution in [0.15, 0.2) is 42.5 Å². The van der Waals surface area contributed by atoms with Gasteiger partial charge in [-0.05, 0) is 56.2 Å². The third kappa shape index (κ3) is 4.52. The topological polar surface area (TPSA) is 183 Å². The molecule has 234 valence electrons. The molecule has 2 saturated carbocycles. The zero-order valence-corrected chi connectivity index (χ0v) is 24.8. The highest BCUT2D eigenvalue weighted by Crippen LogP contribution is 2.68. The number of hydrogen-bond donors (Lipinski definition) is 6. The van der Waals surface area contributed by atoms with Crippen molar-refractivity contribution in [1.29, 1.82) is 0 Å². The minimum atomic E-state index is -2.29. The van der Waals surface area contributed by atoms with Crippen LogP contribution in [0.1, 0.15) is 57.8 Å². The molecule has 2 bridgehead atoms. The van der Waals surface area contributed by atoms with Crippen LogP contribution >= 0.6 is 0 Å². The van der Waals surface area contributed by atoms with Crippen LogP contribution in [0.2, 0.25) is 0 Å². The van der Waals surface area contributed by atoms with Gasteiger partial charge in [-0.15, -0.1) is 0 Å². The molecule has 42 heavy (non-hydrogen) atoms. The van der Waals surface area contributed by atoms with Crippen LogP contribution in [0, 0.1) is 23.7 Å². The summed E-state index contributed by atoms with van der Waals surface area (Å²) >= 11 is 0. The van der Waals surface area contributed by atoms with Crippen LogP contribution in [0.3, 0.4) is 0 Å². The summed E-state index contributed by atoms with van der Waals surface area (Å²) < 4.78 is 16.6. The molecule has 0 radical (unpaired) electrons. The first-order valence-corrected chi connectivity index (χ1v) is 14.4. The van der Waals surface area contributed by atoms with Gasteiger partial charge in [-0.2, -0.15) is 0 Å². The molecule has 2 aliphatic carbocycles. The Morgan fingerprint density at radius 2 is 1.71 bits per heavy atom. The van der Waals surface area contributed by atoms with Crippen LogP contribution in [-0.2, 0) is 19.0 Å². The van der Waals surface area contributed by atoms with Gasteiger partial charge in [0.15, 0.2) is 0 Å². The van der Waals surface area contributed by atoms with E-state index in [9.17, 15) is 40.2 Å². The Morgan fingerprint density at radius 3 is 2.21 bits per heavy atom. The van der Waals surface area contributed by atoms with E-state index < -0.39 is 83.1 Å². The normalized spacial score (nSPS) is 45.1. The van der Waals surface area contributed by atoms with Crippen LogP contribution in [0.5, 0.6) is 0 Å². The van der Waals surface area contributed by atoms with Crippen molar-refractivity contribution in [3.63, 3.8) is 0 Å². The van der Waals surface area contributed by atoms with Crippen molar-refractivity contribution in [2.45, 2.75) is 94.3 Å². The maximum absolute atomic E-state index is 13.2. The SMILES string of the molecule is C=C(C)[C@]1(O)C[C@@H](C)[C@@]2(O)[C@@H]([C@H]3O[C@@]4([C@H](O)[C@]3(O)CO)[C@@H](O)[C@@H](C)C[C@@H]24)[C@H]1OC(=O)c1ccccc1.CCOC(C)=O. The van der Waals surface area contributed by atoms with E-state index in [2.05, 4.69) is 11.3 Å². The quantitative estimate of drug-likeness (QED) is 0.209. The van der Waals surface area contributed by atoms with Gasteiger partial charge < -0.3 is 44.8 Å². The molecule has 11 nitrogen and oxygen atoms in total. The summed E-state index contributed by atoms with van der Waals surface area (Å²) in [4.78, 5) is 23.0. The van der Waals surface area contributed by atoms with Crippen LogP contribution in [-0.4, -0.2) is 103 Å². The average molecular weight is 593 g/mol. The minimum Gasteiger partial charge on any atom is -0.466 e. The number of carbonyl (C=O) groups is 2. The number of benzene rings is 1. The van der Waals surface area contributed by atoms with Gasteiger partial charge in [0.2, 0.25) is 0 Å². The van der Waals surface area contributed by atoms with E-state index in [1.54, 1.807) is 58.0 Å². The van der Waals surface area contributed by atoms with Crippen LogP contribution in [0.25, 0.3) is 0 Å². The van der Waals surface area contributed by atoms with E-state index in [-0.39, 0.29) is 24.4 Å². The molecule has 4 fully saturated rings. The van der Waals surface area contributed by atoms with Crippen molar-refractivity contribution in [3.05, 3.63) is 48.0 Å². The number of fused-ring (bicyclic) bond motifs is 4. The highest BCUT2D eigenvalue weighted by Gasteiger charge is 2.84. The van der Waals surface area contributed by atoms with Gasteiger partial charge in [0.1, 0.15) is 35.1 Å². The largest absolute Gasteiger partial charge is 0.466 e. The third-order valence-electron chi connectivity index (χ3n) is 10.1. The number of aliphatic hydroxyl groups excluding tert-OH is 3. The Morgan fingerprint density at radius 1 is 1.10 bits per heavy atom. The van der Waals surface area contributed by atoms with Crippen molar-refractivity contribution >= 4 is 11.9 Å². The lowest BCUT2D eigenvalue weighted by Crippen LogP contribution is -2.75. The Hall–Kier alpha value is -2.38. The van der Waals surface area contributed by atoms with Gasteiger partial charge >= 0.3 is 11.9 Å². The summed E-state index contributed by atoms with van der Waals surface area (Å²) in [5.74, 6) is -4.10. The molecule has 2 heterocycles. The van der Waals surface area contributed by atoms with E-state index in [1.165, 1.54) is 6.92 Å². The Labute approximate surface area is 245 Å². The highest BCUT2D eigenvalue weighted by molar-refractivity contribution is 5.89. The Bertz CT molecular complexity index is 1190. The molecule has 12 atom stereocenters. The molecule has 0 amide bonds. The zero-order valence-electron chi connectivity index (χ0n) is 24.8. The van der Waals surface area contributed by atoms with Gasteiger partial charge in [-0.3, -0.25) is 4.79 Å². The second kappa shape index (κ2) is 11.3. The Balaban J connectivity index is 0.000000612. The molecule has 4 aliphatic rings. The number of carbonyl (C=O) groups excluding carboxylic acids is 2. The summed E-state index contributed by atoms with van der Waals surface area (Å²) in [7, 11) is 0. The van der Waals surface area contributed by atoms with Gasteiger partial charge in [0, 0.05) is 12.8 Å². The number of rotatable bonds is 5. The lowest BCUT2D eigenvalue weighted by molar-refractivity contribution is -0.324. The molecule has 11 heteroatoms. The first-order chi connectivity index (χ1) is 19.6. The van der Waals surface area contributed by atoms with E-state index in [0.29, 0.717) is 12.2 Å². The van der Waals surface area contributed by atoms with Gasteiger partial charge in [0.05, 0.1) is 36.4 Å². The first kappa shape index (κ1) is 32.5. The number of esters is 2. The monoisotopic (exact) mass is 592 g/mol. The number of ether oxygens (including phenoxy) is 3. The lowest BCUT2D eigenvalue weighted by atomic mass is 9.52. The smallest absolute Gasteiger partial charge is 0.338 e. The highest BCUT2D eigenvalue weighted by atomic mass is 16.6. The molecule has 1 aromatic rings. The summed E-state index contributed by atoms with van der Waals surface area (Å²) in [5, 5.41) is 68.9. The van der Waals surface area contributed by atoms with E-state index in [0.717, 1.165) is 0 Å². The maximum Gasteiger partial charge on any atom is 0.338 e. The second-order valence-corrected chi connectivity index (χ2v) is 12.5. The first-order valence-electron chi connectivity index (χ1n) is 14.4. The van der Waals surface area contributed by atoms with Gasteiger partial charge in [-0.25, -0.2) is 4.79 Å². The predicted octanol–water partition coefficient (Wildman–Crippen LogP) is 0.728. The molecule has 2 aliphatic heterocycles. The van der Waals surface area contributed by atoms with E-state index in [4.69, 9.17) is 9.47 Å². The summed E-state index contributed by atoms with van der Waals surface area (Å²) in [6.07, 6.45) is -5.59. The van der Waals surface area contributed by atoms with Crippen LogP contribution < -0.4 is 0 Å². The fraction of sp³-hybridized carbons (Fsp3) is 0.677. The van der Waals surface area contributed by atoms with Crippen molar-refractivity contribution in [3.8, 4) is 0 Å². The molecule has 6 N–H and O–H groups in total. The molecule has 5 rings (SSSR count). The van der Waals surface area contributed by atoms with Crippen molar-refractivity contribution in [2.24, 2.45) is 23.7 Å². The average Bonchev–Trinajstić information content (AvgIpc) is 3.32. The second-order valence-electron chi connectivity index (χ2n) is 12.5. The standard InChI is InChI=1S/C27H36O9.C4H8O2/c1-13(2)24(32)11-15(4)26(34)17-10-14(3)19(29)27(17)23(31)25(33,12-28)21(36-27)18(26)20(24)35-22(30)16-8-6-5-7-9-16;1-3-6-4(2)5/h5-9,14-15,17-21,23,28-29,31-34H,1,10-12H2,2-4H3;3H2,1-2H3/t14-,15+,17-,18+,19-,20+,21+,23+,24+,25-,26-,27+;/m0./s1. The summed E-state index contributed by atoms with van der Waals surface area (Å²) in [6.45, 7) is 11.8. The maximum atomic E-state index is 13.2. The van der Waals surface area contributed by atoms with Crippen LogP contribution in [0.4, 0.5) is 0 Å². The van der Waals surface area contributed by atoms with Gasteiger partial charge in [-0.1, -0.05) is 38.6 Å². The molecule has 1 aromatic carbocycles. The molecule has 0 aromatic heterocycles. The number of hydrogen-bond acceptors (Lipinski definition) is 11. The molecule has 0 unspecified atom stereocenters. The number of aliphatic hydroxyl groups is 6. The molecule has 2 saturated heterocycles. The van der Waals surface area contributed by atoms with E-state index in [1.807, 2.05) is 0 Å². The summed E-state index contributed by atoms with van der Waals surface area (Å²) in [6, 6.07) is 8.18. The zero-order chi connectivity index (χ0) is 31.4. The summed E-state index contributed by atoms with van der Waals surface area (Å²) in [5.41, 5.74) is -7.01. The fourth-order valence-electron chi connectivity index (χ4n) is 8.02. The molecular formula is C31H44O11.